The Kier molecular flexibility index (Phi) is 4.18. The summed E-state index contributed by atoms with van der Waals surface area (Å²) in [6.07, 6.45) is -4.91. The van der Waals surface area contributed by atoms with Crippen LogP contribution in [0.4, 0.5) is 13.2 Å². The topological polar surface area (TPSA) is 45.9 Å². The summed E-state index contributed by atoms with van der Waals surface area (Å²) in [4.78, 5) is 3.63. The lowest BCUT2D eigenvalue weighted by atomic mass is 10.1. The highest BCUT2D eigenvalue weighted by Gasteiger charge is 2.33. The summed E-state index contributed by atoms with van der Waals surface area (Å²) in [7, 11) is 0. The van der Waals surface area contributed by atoms with Crippen molar-refractivity contribution in [2.24, 2.45) is 0 Å². The van der Waals surface area contributed by atoms with E-state index in [0.29, 0.717) is 5.56 Å². The molecule has 0 saturated carbocycles. The zero-order valence-corrected chi connectivity index (χ0v) is 9.56. The van der Waals surface area contributed by atoms with E-state index in [0.717, 1.165) is 0 Å². The molecule has 0 radical (unpaired) electrons. The Morgan fingerprint density at radius 1 is 1.53 bits per heavy atom. The number of pyridine rings is 1. The molecule has 0 fully saturated rings. The fourth-order valence-electron chi connectivity index (χ4n) is 1.26. The van der Waals surface area contributed by atoms with Gasteiger partial charge < -0.3 is 4.74 Å². The summed E-state index contributed by atoms with van der Waals surface area (Å²) in [6, 6.07) is 3.32. The van der Waals surface area contributed by atoms with Gasteiger partial charge in [-0.3, -0.25) is 0 Å². The average molecular weight is 265 g/mol. The van der Waals surface area contributed by atoms with Crippen LogP contribution in [0.15, 0.2) is 6.07 Å². The molecule has 0 N–H and O–H groups in total. The first kappa shape index (κ1) is 13.6. The Morgan fingerprint density at radius 2 is 2.18 bits per heavy atom. The number of aromatic nitrogens is 1. The van der Waals surface area contributed by atoms with E-state index in [1.54, 1.807) is 13.0 Å². The molecule has 7 heteroatoms. The zero-order chi connectivity index (χ0) is 13.1. The Bertz CT molecular complexity index is 454. The van der Waals surface area contributed by atoms with E-state index in [2.05, 4.69) is 9.72 Å². The Balaban J connectivity index is 3.20. The monoisotopic (exact) mass is 264 g/mol. The standard InChI is InChI=1S/C10H8ClF3N2O/c1-6-4-7(2-3-15)16-9(8(6)5-11)17-10(12,13)14/h4H,2,5H2,1H3. The maximum Gasteiger partial charge on any atom is 0.574 e. The Hall–Kier alpha value is -1.48. The molecule has 0 aliphatic rings. The van der Waals surface area contributed by atoms with E-state index >= 15 is 0 Å². The van der Waals surface area contributed by atoms with Crippen molar-refractivity contribution < 1.29 is 17.9 Å². The van der Waals surface area contributed by atoms with E-state index in [-0.39, 0.29) is 23.6 Å². The number of alkyl halides is 4. The van der Waals surface area contributed by atoms with Crippen LogP contribution >= 0.6 is 11.6 Å². The molecule has 0 spiro atoms. The fraction of sp³-hybridized carbons (Fsp3) is 0.400. The Morgan fingerprint density at radius 3 is 2.65 bits per heavy atom. The third kappa shape index (κ3) is 3.79. The predicted molar refractivity (Wildman–Crippen MR) is 54.5 cm³/mol. The van der Waals surface area contributed by atoms with Crippen LogP contribution in [0.25, 0.3) is 0 Å². The van der Waals surface area contributed by atoms with Crippen LogP contribution < -0.4 is 4.74 Å². The molecule has 0 aliphatic heterocycles. The highest BCUT2D eigenvalue weighted by Crippen LogP contribution is 2.28. The molecule has 0 atom stereocenters. The summed E-state index contributed by atoms with van der Waals surface area (Å²) in [5, 5.41) is 8.48. The van der Waals surface area contributed by atoms with Crippen LogP contribution in [0.3, 0.4) is 0 Å². The summed E-state index contributed by atoms with van der Waals surface area (Å²) in [5.41, 5.74) is 0.906. The average Bonchev–Trinajstić information content (AvgIpc) is 2.15. The maximum atomic E-state index is 12.1. The van der Waals surface area contributed by atoms with Gasteiger partial charge in [0.25, 0.3) is 0 Å². The van der Waals surface area contributed by atoms with Gasteiger partial charge in [0, 0.05) is 5.56 Å². The lowest BCUT2D eigenvalue weighted by Crippen LogP contribution is -2.19. The second kappa shape index (κ2) is 5.23. The number of hydrogen-bond donors (Lipinski definition) is 0. The molecule has 0 bridgehead atoms. The van der Waals surface area contributed by atoms with Gasteiger partial charge in [-0.15, -0.1) is 24.8 Å². The molecule has 1 rings (SSSR count). The quantitative estimate of drug-likeness (QED) is 0.788. The van der Waals surface area contributed by atoms with Gasteiger partial charge in [0.15, 0.2) is 0 Å². The van der Waals surface area contributed by atoms with Gasteiger partial charge in [-0.1, -0.05) is 0 Å². The fourth-order valence-corrected chi connectivity index (χ4v) is 1.59. The van der Waals surface area contributed by atoms with E-state index in [9.17, 15) is 13.2 Å². The van der Waals surface area contributed by atoms with Gasteiger partial charge in [0.2, 0.25) is 5.88 Å². The highest BCUT2D eigenvalue weighted by atomic mass is 35.5. The SMILES string of the molecule is Cc1cc(CC#N)nc(OC(F)(F)F)c1CCl. The van der Waals surface area contributed by atoms with Gasteiger partial charge in [0.1, 0.15) is 0 Å². The minimum Gasteiger partial charge on any atom is -0.388 e. The summed E-state index contributed by atoms with van der Waals surface area (Å²) < 4.78 is 40.2. The van der Waals surface area contributed by atoms with E-state index in [4.69, 9.17) is 16.9 Å². The van der Waals surface area contributed by atoms with Crippen LogP contribution in [-0.4, -0.2) is 11.3 Å². The van der Waals surface area contributed by atoms with Crippen molar-refractivity contribution in [1.82, 2.24) is 4.98 Å². The molecule has 0 unspecified atom stereocenters. The molecule has 92 valence electrons. The molecular weight excluding hydrogens is 257 g/mol. The van der Waals surface area contributed by atoms with Crippen molar-refractivity contribution in [3.05, 3.63) is 22.9 Å². The molecular formula is C10H8ClF3N2O. The number of rotatable bonds is 3. The third-order valence-corrected chi connectivity index (χ3v) is 2.24. The number of ether oxygens (including phenoxy) is 1. The van der Waals surface area contributed by atoms with Crippen LogP contribution in [0, 0.1) is 18.3 Å². The summed E-state index contributed by atoms with van der Waals surface area (Å²) in [5.74, 6) is -0.727. The largest absolute Gasteiger partial charge is 0.574 e. The highest BCUT2D eigenvalue weighted by molar-refractivity contribution is 6.17. The van der Waals surface area contributed by atoms with E-state index in [1.807, 2.05) is 0 Å². The summed E-state index contributed by atoms with van der Waals surface area (Å²) >= 11 is 5.54. The third-order valence-electron chi connectivity index (χ3n) is 1.97. The van der Waals surface area contributed by atoms with E-state index < -0.39 is 12.2 Å². The first-order valence-corrected chi connectivity index (χ1v) is 5.09. The number of hydrogen-bond acceptors (Lipinski definition) is 3. The second-order valence-corrected chi connectivity index (χ2v) is 3.50. The number of nitriles is 1. The molecule has 0 amide bonds. The minimum absolute atomic E-state index is 0.0857. The molecule has 1 aromatic rings. The number of aryl methyl sites for hydroxylation is 1. The zero-order valence-electron chi connectivity index (χ0n) is 8.81. The first-order valence-electron chi connectivity index (χ1n) is 4.55. The Labute approximate surface area is 101 Å². The van der Waals surface area contributed by atoms with Crippen molar-refractivity contribution in [1.29, 1.82) is 5.26 Å². The first-order chi connectivity index (χ1) is 7.87. The number of nitrogens with zero attached hydrogens (tertiary/aromatic N) is 2. The smallest absolute Gasteiger partial charge is 0.388 e. The number of halogens is 4. The van der Waals surface area contributed by atoms with Gasteiger partial charge in [-0.05, 0) is 18.6 Å². The van der Waals surface area contributed by atoms with Gasteiger partial charge >= 0.3 is 6.36 Å². The van der Waals surface area contributed by atoms with Gasteiger partial charge in [-0.25, -0.2) is 4.98 Å². The molecule has 3 nitrogen and oxygen atoms in total. The van der Waals surface area contributed by atoms with Crippen LogP contribution in [-0.2, 0) is 12.3 Å². The van der Waals surface area contributed by atoms with Gasteiger partial charge in [0.05, 0.1) is 24.1 Å². The van der Waals surface area contributed by atoms with E-state index in [1.165, 1.54) is 6.07 Å². The van der Waals surface area contributed by atoms with Crippen molar-refractivity contribution in [2.45, 2.75) is 25.6 Å². The van der Waals surface area contributed by atoms with Crippen molar-refractivity contribution in [2.75, 3.05) is 0 Å². The molecule has 0 aliphatic carbocycles. The minimum atomic E-state index is -4.83. The van der Waals surface area contributed by atoms with Crippen LogP contribution in [0.5, 0.6) is 5.88 Å². The normalized spacial score (nSPS) is 11.1. The van der Waals surface area contributed by atoms with Crippen LogP contribution in [0.2, 0.25) is 0 Å². The van der Waals surface area contributed by atoms with Crippen molar-refractivity contribution in [3.63, 3.8) is 0 Å². The molecule has 1 heterocycles. The molecule has 0 saturated heterocycles. The molecule has 1 aromatic heterocycles. The molecule has 17 heavy (non-hydrogen) atoms. The molecule has 0 aromatic carbocycles. The lowest BCUT2D eigenvalue weighted by molar-refractivity contribution is -0.276. The summed E-state index contributed by atoms with van der Waals surface area (Å²) in [6.45, 7) is 1.59. The maximum absolute atomic E-state index is 12.1. The second-order valence-electron chi connectivity index (χ2n) is 3.23. The lowest BCUT2D eigenvalue weighted by Gasteiger charge is -2.13. The van der Waals surface area contributed by atoms with Crippen molar-refractivity contribution in [3.8, 4) is 11.9 Å². The van der Waals surface area contributed by atoms with Crippen molar-refractivity contribution >= 4 is 11.6 Å². The van der Waals surface area contributed by atoms with Gasteiger partial charge in [-0.2, -0.15) is 5.26 Å². The predicted octanol–water partition coefficient (Wildman–Crippen LogP) is 3.09. The van der Waals surface area contributed by atoms with Crippen LogP contribution in [0.1, 0.15) is 16.8 Å².